The lowest BCUT2D eigenvalue weighted by molar-refractivity contribution is -0.178. The summed E-state index contributed by atoms with van der Waals surface area (Å²) in [4.78, 5) is 13.2. The molecule has 1 unspecified atom stereocenters. The molecule has 0 spiro atoms. The van der Waals surface area contributed by atoms with Crippen LogP contribution in [0.2, 0.25) is 0 Å². The highest BCUT2D eigenvalue weighted by Gasteiger charge is 2.35. The maximum absolute atomic E-state index is 11.9. The lowest BCUT2D eigenvalue weighted by atomic mass is 9.80. The van der Waals surface area contributed by atoms with Crippen LogP contribution in [0.5, 0.6) is 0 Å². The first-order valence-electron chi connectivity index (χ1n) is 5.80. The summed E-state index contributed by atoms with van der Waals surface area (Å²) in [5.74, 6) is -0.417. The molecule has 1 aliphatic rings. The minimum atomic E-state index is -4.40. The van der Waals surface area contributed by atoms with Gasteiger partial charge >= 0.3 is 6.18 Å². The summed E-state index contributed by atoms with van der Waals surface area (Å²) in [6.07, 6.45) is -3.75. The molecule has 1 amide bonds. The fourth-order valence-electron chi connectivity index (χ4n) is 1.93. The van der Waals surface area contributed by atoms with Crippen molar-refractivity contribution < 1.29 is 22.7 Å². The number of hydrogen-bond acceptors (Lipinski definition) is 3. The fraction of sp³-hybridized carbons (Fsp3) is 0.909. The van der Waals surface area contributed by atoms with Gasteiger partial charge in [-0.3, -0.25) is 4.79 Å². The van der Waals surface area contributed by atoms with Gasteiger partial charge in [0.05, 0.1) is 0 Å². The number of rotatable bonds is 3. The first-order chi connectivity index (χ1) is 8.12. The number of carbonyl (C=O) groups excluding carboxylic acids is 1. The van der Waals surface area contributed by atoms with Crippen molar-refractivity contribution >= 4 is 5.91 Å². The van der Waals surface area contributed by atoms with Crippen molar-refractivity contribution in [1.82, 2.24) is 4.90 Å². The van der Waals surface area contributed by atoms with Gasteiger partial charge in [-0.2, -0.15) is 13.2 Å². The van der Waals surface area contributed by atoms with Crippen molar-refractivity contribution in [3.05, 3.63) is 0 Å². The van der Waals surface area contributed by atoms with Crippen LogP contribution in [-0.2, 0) is 9.53 Å². The second-order valence-corrected chi connectivity index (χ2v) is 5.31. The molecule has 0 aromatic heterocycles. The van der Waals surface area contributed by atoms with Crippen molar-refractivity contribution in [3.8, 4) is 0 Å². The highest BCUT2D eigenvalue weighted by molar-refractivity contribution is 5.77. The smallest absolute Gasteiger partial charge is 0.362 e. The second-order valence-electron chi connectivity index (χ2n) is 5.31. The topological polar surface area (TPSA) is 55.6 Å². The van der Waals surface area contributed by atoms with E-state index in [1.807, 2.05) is 13.8 Å². The summed E-state index contributed by atoms with van der Waals surface area (Å²) in [7, 11) is 0. The zero-order chi connectivity index (χ0) is 14.0. The van der Waals surface area contributed by atoms with Crippen LogP contribution >= 0.6 is 0 Å². The molecule has 1 aliphatic heterocycles. The highest BCUT2D eigenvalue weighted by atomic mass is 19.4. The molecule has 4 nitrogen and oxygen atoms in total. The number of nitrogens with zero attached hydrogens (tertiary/aromatic N) is 1. The number of ether oxygens (including phenoxy) is 1. The van der Waals surface area contributed by atoms with Gasteiger partial charge < -0.3 is 15.4 Å². The number of hydrogen-bond donors (Lipinski definition) is 1. The monoisotopic (exact) mass is 268 g/mol. The van der Waals surface area contributed by atoms with E-state index in [9.17, 15) is 18.0 Å². The molecule has 1 heterocycles. The van der Waals surface area contributed by atoms with E-state index in [1.165, 1.54) is 4.90 Å². The first-order valence-corrected chi connectivity index (χ1v) is 5.80. The molecular formula is C11H19F3N2O2. The first kappa shape index (κ1) is 15.2. The van der Waals surface area contributed by atoms with Gasteiger partial charge in [0.15, 0.2) is 0 Å². The molecule has 18 heavy (non-hydrogen) atoms. The summed E-state index contributed by atoms with van der Waals surface area (Å²) in [6, 6.07) is -0.00218. The molecule has 0 bridgehead atoms. The SMILES string of the molecule is CC1(C)CN(C(=O)COCC(F)(F)F)CCC1N. The van der Waals surface area contributed by atoms with Gasteiger partial charge in [-0.25, -0.2) is 0 Å². The minimum absolute atomic E-state index is 0.00218. The van der Waals surface area contributed by atoms with E-state index < -0.39 is 25.3 Å². The van der Waals surface area contributed by atoms with E-state index in [2.05, 4.69) is 4.74 Å². The van der Waals surface area contributed by atoms with Crippen LogP contribution in [0.1, 0.15) is 20.3 Å². The molecule has 7 heteroatoms. The van der Waals surface area contributed by atoms with Crippen LogP contribution in [0.4, 0.5) is 13.2 Å². The van der Waals surface area contributed by atoms with Crippen LogP contribution in [0.25, 0.3) is 0 Å². The van der Waals surface area contributed by atoms with Gasteiger partial charge in [0.1, 0.15) is 13.2 Å². The number of nitrogens with two attached hydrogens (primary N) is 1. The molecule has 1 atom stereocenters. The Labute approximate surface area is 104 Å². The van der Waals surface area contributed by atoms with Crippen LogP contribution in [0, 0.1) is 5.41 Å². The number of alkyl halides is 3. The third-order valence-electron chi connectivity index (χ3n) is 3.16. The predicted octanol–water partition coefficient (Wildman–Crippen LogP) is 1.15. The van der Waals surface area contributed by atoms with Crippen LogP contribution in [-0.4, -0.2) is 49.3 Å². The standard InChI is InChI=1S/C11H19F3N2O2/c1-10(2)6-16(4-3-8(10)15)9(17)5-18-7-11(12,13)14/h8H,3-7,15H2,1-2H3. The lowest BCUT2D eigenvalue weighted by Crippen LogP contribution is -2.54. The molecule has 106 valence electrons. The fourth-order valence-corrected chi connectivity index (χ4v) is 1.93. The van der Waals surface area contributed by atoms with Crippen molar-refractivity contribution in [2.24, 2.45) is 11.1 Å². The number of piperidine rings is 1. The van der Waals surface area contributed by atoms with Crippen LogP contribution in [0.15, 0.2) is 0 Å². The lowest BCUT2D eigenvalue weighted by Gasteiger charge is -2.42. The normalized spacial score (nSPS) is 24.1. The molecular weight excluding hydrogens is 249 g/mol. The number of carbonyl (C=O) groups is 1. The molecule has 0 saturated carbocycles. The van der Waals surface area contributed by atoms with Crippen molar-refractivity contribution in [2.45, 2.75) is 32.5 Å². The Morgan fingerprint density at radius 2 is 2.11 bits per heavy atom. The predicted molar refractivity (Wildman–Crippen MR) is 59.8 cm³/mol. The van der Waals surface area contributed by atoms with Gasteiger partial charge in [0.2, 0.25) is 5.91 Å². The summed E-state index contributed by atoms with van der Waals surface area (Å²) in [5.41, 5.74) is 5.69. The third-order valence-corrected chi connectivity index (χ3v) is 3.16. The van der Waals surface area contributed by atoms with Gasteiger partial charge in [-0.15, -0.1) is 0 Å². The molecule has 1 fully saturated rings. The van der Waals surface area contributed by atoms with Crippen LogP contribution in [0.3, 0.4) is 0 Å². The molecule has 0 radical (unpaired) electrons. The van der Waals surface area contributed by atoms with E-state index in [0.717, 1.165) is 0 Å². The quantitative estimate of drug-likeness (QED) is 0.835. The van der Waals surface area contributed by atoms with E-state index in [1.54, 1.807) is 0 Å². The Morgan fingerprint density at radius 1 is 1.50 bits per heavy atom. The maximum atomic E-state index is 11.9. The molecule has 0 aromatic rings. The van der Waals surface area contributed by atoms with Crippen molar-refractivity contribution in [2.75, 3.05) is 26.3 Å². The maximum Gasteiger partial charge on any atom is 0.411 e. The van der Waals surface area contributed by atoms with Crippen LogP contribution < -0.4 is 5.73 Å². The van der Waals surface area contributed by atoms with E-state index >= 15 is 0 Å². The summed E-state index contributed by atoms with van der Waals surface area (Å²) < 4.78 is 39.9. The van der Waals surface area contributed by atoms with Gasteiger partial charge in [0, 0.05) is 19.1 Å². The highest BCUT2D eigenvalue weighted by Crippen LogP contribution is 2.27. The third kappa shape index (κ3) is 4.45. The number of likely N-dealkylation sites (tertiary alicyclic amines) is 1. The Balaban J connectivity index is 2.39. The summed E-state index contributed by atoms with van der Waals surface area (Å²) in [5, 5.41) is 0. The molecule has 0 aromatic carbocycles. The van der Waals surface area contributed by atoms with Gasteiger partial charge in [-0.1, -0.05) is 13.8 Å². The average molecular weight is 268 g/mol. The Hall–Kier alpha value is -0.820. The summed E-state index contributed by atoms with van der Waals surface area (Å²) in [6.45, 7) is 2.86. The minimum Gasteiger partial charge on any atom is -0.362 e. The van der Waals surface area contributed by atoms with E-state index in [0.29, 0.717) is 19.5 Å². The second kappa shape index (κ2) is 5.44. The average Bonchev–Trinajstić information content (AvgIpc) is 2.20. The van der Waals surface area contributed by atoms with Crippen molar-refractivity contribution in [3.63, 3.8) is 0 Å². The van der Waals surface area contributed by atoms with Gasteiger partial charge in [-0.05, 0) is 11.8 Å². The zero-order valence-corrected chi connectivity index (χ0v) is 10.6. The molecule has 0 aliphatic carbocycles. The van der Waals surface area contributed by atoms with Gasteiger partial charge in [0.25, 0.3) is 0 Å². The Kier molecular flexibility index (Phi) is 4.61. The molecule has 1 saturated heterocycles. The zero-order valence-electron chi connectivity index (χ0n) is 10.6. The Morgan fingerprint density at radius 3 is 2.61 bits per heavy atom. The largest absolute Gasteiger partial charge is 0.411 e. The molecule has 2 N–H and O–H groups in total. The van der Waals surface area contributed by atoms with Crippen molar-refractivity contribution in [1.29, 1.82) is 0 Å². The summed E-state index contributed by atoms with van der Waals surface area (Å²) >= 11 is 0. The number of halogens is 3. The van der Waals surface area contributed by atoms with E-state index in [4.69, 9.17) is 5.73 Å². The molecule has 1 rings (SSSR count). The number of amides is 1. The van der Waals surface area contributed by atoms with E-state index in [-0.39, 0.29) is 11.5 Å². The Bertz CT molecular complexity index is 305.